The first-order chi connectivity index (χ1) is 10.1. The number of benzene rings is 2. The number of carbonyl (C=O) groups is 1. The van der Waals surface area contributed by atoms with Gasteiger partial charge in [-0.25, -0.2) is 4.79 Å². The lowest BCUT2D eigenvalue weighted by atomic mass is 10.1. The minimum absolute atomic E-state index is 0.194. The number of carboxylic acid groups (broad SMARTS) is 1. The second kappa shape index (κ2) is 6.35. The molecule has 0 aromatic heterocycles. The normalized spacial score (nSPS) is 10.8. The first kappa shape index (κ1) is 14.3. The monoisotopic (exact) mass is 279 g/mol. The number of hydrogen-bond donors (Lipinski definition) is 2. The van der Waals surface area contributed by atoms with Gasteiger partial charge in [-0.3, -0.25) is 5.43 Å². The van der Waals surface area contributed by atoms with Crippen molar-refractivity contribution in [3.63, 3.8) is 0 Å². The fourth-order valence-corrected chi connectivity index (χ4v) is 1.75. The van der Waals surface area contributed by atoms with E-state index in [-0.39, 0.29) is 5.56 Å². The molecule has 21 heavy (non-hydrogen) atoms. The molecule has 0 amide bonds. The fraction of sp³-hybridized carbons (Fsp3) is 0.0625. The van der Waals surface area contributed by atoms with E-state index in [9.17, 15) is 4.79 Å². The number of nitrogens with one attached hydrogen (secondary N) is 1. The predicted molar refractivity (Wildman–Crippen MR) is 80.4 cm³/mol. The van der Waals surface area contributed by atoms with Crippen LogP contribution in [-0.2, 0) is 0 Å². The average molecular weight is 279 g/mol. The van der Waals surface area contributed by atoms with Crippen molar-refractivity contribution < 1.29 is 9.90 Å². The van der Waals surface area contributed by atoms with Crippen LogP contribution in [0.1, 0.15) is 28.4 Å². The van der Waals surface area contributed by atoms with Crippen molar-refractivity contribution in [2.75, 3.05) is 5.43 Å². The summed E-state index contributed by atoms with van der Waals surface area (Å²) in [5.41, 5.74) is 5.70. The maximum atomic E-state index is 10.9. The standard InChI is InChI=1S/C16H13N3O2/c1-11(13-5-2-4-12(8-13)10-17)18-19-15-7-3-6-14(9-15)16(20)21/h2-9,19H,1H3,(H,20,21)/b18-11+. The minimum Gasteiger partial charge on any atom is -0.478 e. The van der Waals surface area contributed by atoms with E-state index in [0.29, 0.717) is 17.0 Å². The van der Waals surface area contributed by atoms with Crippen LogP contribution in [0.25, 0.3) is 0 Å². The molecule has 104 valence electrons. The first-order valence-corrected chi connectivity index (χ1v) is 6.24. The lowest BCUT2D eigenvalue weighted by Gasteiger charge is -2.05. The quantitative estimate of drug-likeness (QED) is 0.665. The number of hydrogen-bond acceptors (Lipinski definition) is 4. The Balaban J connectivity index is 2.18. The van der Waals surface area contributed by atoms with E-state index in [1.54, 1.807) is 30.3 Å². The SMILES string of the molecule is C/C(=N\Nc1cccc(C(=O)O)c1)c1cccc(C#N)c1. The molecule has 2 N–H and O–H groups in total. The molecule has 2 aromatic carbocycles. The lowest BCUT2D eigenvalue weighted by molar-refractivity contribution is 0.0697. The van der Waals surface area contributed by atoms with Crippen molar-refractivity contribution in [1.29, 1.82) is 5.26 Å². The molecule has 0 aliphatic carbocycles. The summed E-state index contributed by atoms with van der Waals surface area (Å²) in [5.74, 6) is -0.985. The van der Waals surface area contributed by atoms with E-state index in [4.69, 9.17) is 10.4 Å². The number of hydrazone groups is 1. The largest absolute Gasteiger partial charge is 0.478 e. The topological polar surface area (TPSA) is 85.5 Å². The zero-order valence-electron chi connectivity index (χ0n) is 11.4. The van der Waals surface area contributed by atoms with Crippen molar-refractivity contribution in [2.45, 2.75) is 6.92 Å². The minimum atomic E-state index is -0.985. The molecule has 0 heterocycles. The molecule has 0 saturated carbocycles. The summed E-state index contributed by atoms with van der Waals surface area (Å²) in [7, 11) is 0. The van der Waals surface area contributed by atoms with Gasteiger partial charge in [0.05, 0.1) is 28.6 Å². The molecule has 0 fully saturated rings. The summed E-state index contributed by atoms with van der Waals surface area (Å²) in [6.45, 7) is 1.81. The Bertz CT molecular complexity index is 745. The van der Waals surface area contributed by atoms with E-state index < -0.39 is 5.97 Å². The van der Waals surface area contributed by atoms with Gasteiger partial charge in [-0.05, 0) is 42.8 Å². The third-order valence-corrected chi connectivity index (χ3v) is 2.87. The first-order valence-electron chi connectivity index (χ1n) is 6.24. The molecular formula is C16H13N3O2. The Morgan fingerprint density at radius 1 is 1.19 bits per heavy atom. The molecule has 2 rings (SSSR count). The van der Waals surface area contributed by atoms with Gasteiger partial charge in [0.15, 0.2) is 0 Å². The van der Waals surface area contributed by atoms with Crippen LogP contribution in [0.5, 0.6) is 0 Å². The molecule has 5 heteroatoms. The van der Waals surface area contributed by atoms with Crippen LogP contribution in [-0.4, -0.2) is 16.8 Å². The molecular weight excluding hydrogens is 266 g/mol. The van der Waals surface area contributed by atoms with Gasteiger partial charge in [0.2, 0.25) is 0 Å². The number of anilines is 1. The summed E-state index contributed by atoms with van der Waals surface area (Å²) < 4.78 is 0. The maximum Gasteiger partial charge on any atom is 0.335 e. The van der Waals surface area contributed by atoms with Crippen molar-refractivity contribution in [3.05, 3.63) is 65.2 Å². The van der Waals surface area contributed by atoms with E-state index in [2.05, 4.69) is 16.6 Å². The molecule has 0 unspecified atom stereocenters. The Labute approximate surface area is 122 Å². The molecule has 0 radical (unpaired) electrons. The highest BCUT2D eigenvalue weighted by Crippen LogP contribution is 2.12. The van der Waals surface area contributed by atoms with Crippen LogP contribution in [0.4, 0.5) is 5.69 Å². The summed E-state index contributed by atoms with van der Waals surface area (Å²) >= 11 is 0. The van der Waals surface area contributed by atoms with E-state index in [1.165, 1.54) is 12.1 Å². The Hall–Kier alpha value is -3.13. The Kier molecular flexibility index (Phi) is 4.32. The highest BCUT2D eigenvalue weighted by molar-refractivity contribution is 5.99. The highest BCUT2D eigenvalue weighted by Gasteiger charge is 2.03. The van der Waals surface area contributed by atoms with E-state index >= 15 is 0 Å². The molecule has 0 saturated heterocycles. The predicted octanol–water partition coefficient (Wildman–Crippen LogP) is 3.09. The summed E-state index contributed by atoms with van der Waals surface area (Å²) in [6, 6.07) is 15.6. The number of nitriles is 1. The van der Waals surface area contributed by atoms with Crippen molar-refractivity contribution >= 4 is 17.4 Å². The molecule has 0 bridgehead atoms. The van der Waals surface area contributed by atoms with Gasteiger partial charge in [0.1, 0.15) is 0 Å². The number of rotatable bonds is 4. The van der Waals surface area contributed by atoms with Crippen LogP contribution < -0.4 is 5.43 Å². The fourth-order valence-electron chi connectivity index (χ4n) is 1.75. The molecule has 0 aliphatic rings. The second-order valence-electron chi connectivity index (χ2n) is 4.39. The summed E-state index contributed by atoms with van der Waals surface area (Å²) in [6.07, 6.45) is 0. The van der Waals surface area contributed by atoms with E-state index in [0.717, 1.165) is 5.56 Å². The van der Waals surface area contributed by atoms with Crippen LogP contribution in [0.15, 0.2) is 53.6 Å². The number of carboxylic acids is 1. The Morgan fingerprint density at radius 3 is 2.62 bits per heavy atom. The molecule has 5 nitrogen and oxygen atoms in total. The molecule has 0 aliphatic heterocycles. The molecule has 0 spiro atoms. The lowest BCUT2D eigenvalue weighted by Crippen LogP contribution is -2.01. The van der Waals surface area contributed by atoms with Gasteiger partial charge in [-0.1, -0.05) is 18.2 Å². The summed E-state index contributed by atoms with van der Waals surface area (Å²) in [4.78, 5) is 10.9. The van der Waals surface area contributed by atoms with Crippen molar-refractivity contribution in [1.82, 2.24) is 0 Å². The zero-order valence-corrected chi connectivity index (χ0v) is 11.4. The van der Waals surface area contributed by atoms with Crippen LogP contribution >= 0.6 is 0 Å². The van der Waals surface area contributed by atoms with Crippen LogP contribution in [0.2, 0.25) is 0 Å². The van der Waals surface area contributed by atoms with Gasteiger partial charge in [-0.2, -0.15) is 10.4 Å². The van der Waals surface area contributed by atoms with Gasteiger partial charge in [0.25, 0.3) is 0 Å². The second-order valence-corrected chi connectivity index (χ2v) is 4.39. The number of nitrogens with zero attached hydrogens (tertiary/aromatic N) is 2. The van der Waals surface area contributed by atoms with Crippen LogP contribution in [0, 0.1) is 11.3 Å². The van der Waals surface area contributed by atoms with Crippen LogP contribution in [0.3, 0.4) is 0 Å². The highest BCUT2D eigenvalue weighted by atomic mass is 16.4. The number of aromatic carboxylic acids is 1. The van der Waals surface area contributed by atoms with Crippen molar-refractivity contribution in [2.24, 2.45) is 5.10 Å². The maximum absolute atomic E-state index is 10.9. The Morgan fingerprint density at radius 2 is 1.90 bits per heavy atom. The smallest absolute Gasteiger partial charge is 0.335 e. The van der Waals surface area contributed by atoms with Gasteiger partial charge in [-0.15, -0.1) is 0 Å². The van der Waals surface area contributed by atoms with Crippen molar-refractivity contribution in [3.8, 4) is 6.07 Å². The average Bonchev–Trinajstić information content (AvgIpc) is 2.53. The van der Waals surface area contributed by atoms with Gasteiger partial charge >= 0.3 is 5.97 Å². The van der Waals surface area contributed by atoms with Gasteiger partial charge < -0.3 is 5.11 Å². The zero-order chi connectivity index (χ0) is 15.2. The summed E-state index contributed by atoms with van der Waals surface area (Å²) in [5, 5.41) is 22.0. The molecule has 2 aromatic rings. The third kappa shape index (κ3) is 3.67. The van der Waals surface area contributed by atoms with E-state index in [1.807, 2.05) is 13.0 Å². The van der Waals surface area contributed by atoms with Gasteiger partial charge in [0, 0.05) is 0 Å². The molecule has 0 atom stereocenters. The third-order valence-electron chi connectivity index (χ3n) is 2.87.